The largest absolute Gasteiger partial charge is 2.00 e. The Kier molecular flexibility index (Phi) is 29.0. The summed E-state index contributed by atoms with van der Waals surface area (Å²) in [5, 5.41) is 0. The second-order valence-electron chi connectivity index (χ2n) is 0.861. The Hall–Kier alpha value is 2.68. The van der Waals surface area contributed by atoms with Crippen LogP contribution in [-0.4, -0.2) is 0 Å². The molecule has 0 fully saturated rings. The van der Waals surface area contributed by atoms with Gasteiger partial charge in [-0.1, -0.05) is 0 Å². The molecule has 0 saturated carbocycles. The summed E-state index contributed by atoms with van der Waals surface area (Å²) in [5.41, 5.74) is 0. The first-order valence-electron chi connectivity index (χ1n) is 1.43. The van der Waals surface area contributed by atoms with Crippen molar-refractivity contribution in [3.05, 3.63) is 0 Å². The molecular weight excluding hydrogens is 297 g/mol. The Morgan fingerprint density at radius 3 is 0.769 bits per heavy atom. The van der Waals surface area contributed by atoms with Crippen molar-refractivity contribution < 1.29 is 113 Å². The molecule has 0 atom stereocenters. The maximum atomic E-state index is 10.1. The van der Waals surface area contributed by atoms with E-state index in [0.717, 1.165) is 0 Å². The van der Waals surface area contributed by atoms with Crippen LogP contribution in [0.4, 0.5) is 8.39 Å². The SMILES string of the molecule is O=P([O-])([O-])F.O=P([O-])([O-])F.[Mn+2].[Na+].[Na+]. The summed E-state index contributed by atoms with van der Waals surface area (Å²) in [5.74, 6) is 0. The number of rotatable bonds is 0. The molecule has 0 N–H and O–H groups in total. The Bertz CT molecular complexity index is 139. The first-order chi connectivity index (χ1) is 4.00. The minimum absolute atomic E-state index is 0. The number of hydrogen-bond donors (Lipinski definition) is 0. The zero-order valence-electron chi connectivity index (χ0n) is 6.48. The van der Waals surface area contributed by atoms with Crippen molar-refractivity contribution in [2.24, 2.45) is 0 Å². The summed E-state index contributed by atoms with van der Waals surface area (Å²) in [6.45, 7) is 0. The zero-order chi connectivity index (χ0) is 9.00. The van der Waals surface area contributed by atoms with Gasteiger partial charge in [0.15, 0.2) is 0 Å². The fourth-order valence-corrected chi connectivity index (χ4v) is 0. The van der Waals surface area contributed by atoms with Gasteiger partial charge in [-0.15, -0.1) is 0 Å². The van der Waals surface area contributed by atoms with Gasteiger partial charge in [0.2, 0.25) is 0 Å². The Labute approximate surface area is 127 Å². The molecule has 0 bridgehead atoms. The van der Waals surface area contributed by atoms with Gasteiger partial charge < -0.3 is 28.7 Å². The molecule has 0 spiro atoms. The molecule has 13 heteroatoms. The summed E-state index contributed by atoms with van der Waals surface area (Å²) < 4.78 is 37.1. The van der Waals surface area contributed by atoms with Crippen LogP contribution in [0, 0.1) is 0 Å². The van der Waals surface area contributed by atoms with Gasteiger partial charge in [0, 0.05) is 0 Å². The standard InChI is InChI=1S/2FH2O3P.Mn.2Na/c2*1-5(2,3)4;;;/h2*(H2,2,3,4);;;/q;;+2;2*+1/p-4. The first-order valence-corrected chi connectivity index (χ1v) is 4.30. The molecule has 6 nitrogen and oxygen atoms in total. The minimum atomic E-state index is -5.64. The Morgan fingerprint density at radius 2 is 0.769 bits per heavy atom. The van der Waals surface area contributed by atoms with Crippen molar-refractivity contribution in [2.45, 2.75) is 0 Å². The molecule has 0 unspecified atom stereocenters. The fraction of sp³-hybridized carbons (Fsp3) is 0. The molecule has 69 valence electrons. The topological polar surface area (TPSA) is 126 Å². The summed E-state index contributed by atoms with van der Waals surface area (Å²) in [6.07, 6.45) is 0. The molecule has 0 amide bonds. The second kappa shape index (κ2) is 12.7. The minimum Gasteiger partial charge on any atom is -0.786 e. The monoisotopic (exact) mass is 297 g/mol. The molecule has 0 rings (SSSR count). The van der Waals surface area contributed by atoms with Gasteiger partial charge in [0.05, 0.1) is 0 Å². The molecule has 0 heterocycles. The van der Waals surface area contributed by atoms with Crippen LogP contribution in [0.25, 0.3) is 0 Å². The van der Waals surface area contributed by atoms with E-state index in [4.69, 9.17) is 28.7 Å². The van der Waals surface area contributed by atoms with Gasteiger partial charge in [-0.2, -0.15) is 0 Å². The molecule has 0 aliphatic carbocycles. The van der Waals surface area contributed by atoms with Gasteiger partial charge in [-0.3, -0.25) is 0 Å². The average molecular weight is 297 g/mol. The van der Waals surface area contributed by atoms with E-state index in [1.165, 1.54) is 0 Å². The summed E-state index contributed by atoms with van der Waals surface area (Å²) in [6, 6.07) is 0. The molecule has 0 saturated heterocycles. The van der Waals surface area contributed by atoms with Crippen molar-refractivity contribution in [3.63, 3.8) is 0 Å². The predicted molar refractivity (Wildman–Crippen MR) is 17.4 cm³/mol. The van der Waals surface area contributed by atoms with Gasteiger partial charge in [0.25, 0.3) is 0 Å². The van der Waals surface area contributed by atoms with Crippen LogP contribution in [-0.2, 0) is 26.2 Å². The summed E-state index contributed by atoms with van der Waals surface area (Å²) >= 11 is 0. The molecule has 0 aromatic heterocycles. The second-order valence-corrected chi connectivity index (χ2v) is 2.58. The first kappa shape index (κ1) is 29.6. The molecule has 13 heavy (non-hydrogen) atoms. The van der Waals surface area contributed by atoms with E-state index in [1.54, 1.807) is 0 Å². The van der Waals surface area contributed by atoms with Crippen LogP contribution >= 0.6 is 15.8 Å². The normalized spacial score (nSPS) is 9.08. The van der Waals surface area contributed by atoms with E-state index in [-0.39, 0.29) is 76.2 Å². The molecular formula is F2MnNa2O6P2. The Morgan fingerprint density at radius 1 is 0.769 bits per heavy atom. The third-order valence-corrected chi connectivity index (χ3v) is 0. The van der Waals surface area contributed by atoms with Crippen molar-refractivity contribution in [3.8, 4) is 0 Å². The number of hydrogen-bond acceptors (Lipinski definition) is 6. The summed E-state index contributed by atoms with van der Waals surface area (Å²) in [4.78, 5) is 33.8. The van der Waals surface area contributed by atoms with E-state index < -0.39 is 15.8 Å². The van der Waals surface area contributed by atoms with Crippen LogP contribution < -0.4 is 78.7 Å². The van der Waals surface area contributed by atoms with Gasteiger partial charge >= 0.3 is 76.2 Å². The predicted octanol–water partition coefficient (Wildman–Crippen LogP) is -8.43. The van der Waals surface area contributed by atoms with E-state index >= 15 is 0 Å². The molecule has 0 aliphatic rings. The average Bonchev–Trinajstić information content (AvgIpc) is 1.12. The van der Waals surface area contributed by atoms with Crippen LogP contribution in [0.15, 0.2) is 0 Å². The van der Waals surface area contributed by atoms with E-state index in [2.05, 4.69) is 0 Å². The van der Waals surface area contributed by atoms with Gasteiger partial charge in [-0.05, 0) is 0 Å². The molecule has 0 aromatic rings. The quantitative estimate of drug-likeness (QED) is 0.323. The third-order valence-electron chi connectivity index (χ3n) is 0. The van der Waals surface area contributed by atoms with Crippen LogP contribution in [0.3, 0.4) is 0 Å². The van der Waals surface area contributed by atoms with Crippen molar-refractivity contribution in [1.82, 2.24) is 0 Å². The van der Waals surface area contributed by atoms with Crippen molar-refractivity contribution in [1.29, 1.82) is 0 Å². The van der Waals surface area contributed by atoms with Crippen molar-refractivity contribution in [2.75, 3.05) is 0 Å². The van der Waals surface area contributed by atoms with E-state index in [1.807, 2.05) is 0 Å². The van der Waals surface area contributed by atoms with Gasteiger partial charge in [-0.25, -0.2) is 8.39 Å². The zero-order valence-corrected chi connectivity index (χ0v) is 13.4. The smallest absolute Gasteiger partial charge is 0.786 e. The van der Waals surface area contributed by atoms with Gasteiger partial charge in [0.1, 0.15) is 15.8 Å². The summed E-state index contributed by atoms with van der Waals surface area (Å²) in [7, 11) is -11.3. The number of halogens is 2. The molecule has 0 aromatic carbocycles. The van der Waals surface area contributed by atoms with Crippen LogP contribution in [0.5, 0.6) is 0 Å². The maximum absolute atomic E-state index is 10.1. The Balaban J connectivity index is -0.0000000267. The van der Waals surface area contributed by atoms with Crippen molar-refractivity contribution >= 4 is 15.8 Å². The van der Waals surface area contributed by atoms with Crippen LogP contribution in [0.1, 0.15) is 0 Å². The van der Waals surface area contributed by atoms with E-state index in [9.17, 15) is 8.39 Å². The molecule has 0 aliphatic heterocycles. The van der Waals surface area contributed by atoms with E-state index in [0.29, 0.717) is 0 Å². The fourth-order valence-electron chi connectivity index (χ4n) is 0. The maximum Gasteiger partial charge on any atom is 2.00 e. The third kappa shape index (κ3) is 329. The molecule has 1 radical (unpaired) electrons. The van der Waals surface area contributed by atoms with Crippen LogP contribution in [0.2, 0.25) is 0 Å².